The molecule has 1 saturated heterocycles. The molecule has 1 fully saturated rings. The van der Waals surface area contributed by atoms with Crippen LogP contribution in [-0.2, 0) is 0 Å². The molecule has 0 radical (unpaired) electrons. The Bertz CT molecular complexity index is 233. The van der Waals surface area contributed by atoms with Crippen LogP contribution in [-0.4, -0.2) is 60.6 Å². The number of nitrogens with one attached hydrogen (secondary N) is 1. The van der Waals surface area contributed by atoms with Crippen LogP contribution in [0.5, 0.6) is 0 Å². The standard InChI is InChI=1S/C12H26N4O/c1-4-11(9-13)15-5-7-16(8-6-15)12(17)14-10(2)3/h10-11H,4-9,13H2,1-3H3,(H,14,17). The number of hydrogen-bond donors (Lipinski definition) is 2. The summed E-state index contributed by atoms with van der Waals surface area (Å²) in [7, 11) is 0. The Balaban J connectivity index is 2.37. The van der Waals surface area contributed by atoms with Crippen molar-refractivity contribution >= 4 is 6.03 Å². The summed E-state index contributed by atoms with van der Waals surface area (Å²) in [5.74, 6) is 0. The van der Waals surface area contributed by atoms with Crippen molar-refractivity contribution in [3.05, 3.63) is 0 Å². The molecule has 5 heteroatoms. The van der Waals surface area contributed by atoms with Gasteiger partial charge in [-0.1, -0.05) is 6.92 Å². The van der Waals surface area contributed by atoms with Gasteiger partial charge in [0.2, 0.25) is 0 Å². The summed E-state index contributed by atoms with van der Waals surface area (Å²) < 4.78 is 0. The van der Waals surface area contributed by atoms with Gasteiger partial charge in [0.25, 0.3) is 0 Å². The Hall–Kier alpha value is -0.810. The number of piperazine rings is 1. The van der Waals surface area contributed by atoms with E-state index in [-0.39, 0.29) is 12.1 Å². The van der Waals surface area contributed by atoms with Crippen molar-refractivity contribution in [1.82, 2.24) is 15.1 Å². The zero-order valence-electron chi connectivity index (χ0n) is 11.3. The minimum Gasteiger partial charge on any atom is -0.336 e. The van der Waals surface area contributed by atoms with Crippen LogP contribution in [0.15, 0.2) is 0 Å². The van der Waals surface area contributed by atoms with Crippen molar-refractivity contribution in [2.24, 2.45) is 5.73 Å². The number of nitrogens with two attached hydrogens (primary N) is 1. The van der Waals surface area contributed by atoms with E-state index in [2.05, 4.69) is 17.1 Å². The highest BCUT2D eigenvalue weighted by molar-refractivity contribution is 5.74. The zero-order valence-corrected chi connectivity index (χ0v) is 11.3. The van der Waals surface area contributed by atoms with Gasteiger partial charge < -0.3 is 16.0 Å². The number of carbonyl (C=O) groups excluding carboxylic acids is 1. The van der Waals surface area contributed by atoms with Gasteiger partial charge in [0, 0.05) is 44.8 Å². The third-order valence-electron chi connectivity index (χ3n) is 3.27. The maximum absolute atomic E-state index is 11.8. The maximum Gasteiger partial charge on any atom is 0.317 e. The van der Waals surface area contributed by atoms with Crippen LogP contribution in [0.2, 0.25) is 0 Å². The summed E-state index contributed by atoms with van der Waals surface area (Å²) >= 11 is 0. The molecule has 17 heavy (non-hydrogen) atoms. The quantitative estimate of drug-likeness (QED) is 0.753. The predicted octanol–water partition coefficient (Wildman–Crippen LogP) is 0.459. The number of nitrogens with zero attached hydrogens (tertiary/aromatic N) is 2. The smallest absolute Gasteiger partial charge is 0.317 e. The van der Waals surface area contributed by atoms with Crippen molar-refractivity contribution in [1.29, 1.82) is 0 Å². The van der Waals surface area contributed by atoms with E-state index >= 15 is 0 Å². The van der Waals surface area contributed by atoms with Crippen LogP contribution in [0.3, 0.4) is 0 Å². The number of urea groups is 1. The molecule has 1 unspecified atom stereocenters. The molecule has 0 aromatic carbocycles. The number of amides is 2. The van der Waals surface area contributed by atoms with Crippen molar-refractivity contribution in [2.45, 2.75) is 39.3 Å². The Kier molecular flexibility index (Phi) is 5.71. The number of carbonyl (C=O) groups is 1. The topological polar surface area (TPSA) is 61.6 Å². The van der Waals surface area contributed by atoms with E-state index in [1.807, 2.05) is 18.7 Å². The number of hydrogen-bond acceptors (Lipinski definition) is 3. The molecule has 0 saturated carbocycles. The molecule has 5 nitrogen and oxygen atoms in total. The number of rotatable bonds is 4. The fourth-order valence-electron chi connectivity index (χ4n) is 2.20. The zero-order chi connectivity index (χ0) is 12.8. The molecule has 0 aromatic heterocycles. The predicted molar refractivity (Wildman–Crippen MR) is 69.9 cm³/mol. The van der Waals surface area contributed by atoms with E-state index in [0.717, 1.165) is 32.6 Å². The van der Waals surface area contributed by atoms with E-state index in [1.165, 1.54) is 0 Å². The van der Waals surface area contributed by atoms with Crippen molar-refractivity contribution < 1.29 is 4.79 Å². The lowest BCUT2D eigenvalue weighted by atomic mass is 10.1. The fraction of sp³-hybridized carbons (Fsp3) is 0.917. The summed E-state index contributed by atoms with van der Waals surface area (Å²) in [6.07, 6.45) is 1.08. The highest BCUT2D eigenvalue weighted by Crippen LogP contribution is 2.08. The molecule has 1 atom stereocenters. The fourth-order valence-corrected chi connectivity index (χ4v) is 2.20. The molecule has 100 valence electrons. The molecule has 0 aliphatic carbocycles. The first kappa shape index (κ1) is 14.3. The maximum atomic E-state index is 11.8. The monoisotopic (exact) mass is 242 g/mol. The minimum atomic E-state index is 0.0560. The second kappa shape index (κ2) is 6.81. The summed E-state index contributed by atoms with van der Waals surface area (Å²) in [5, 5.41) is 2.93. The van der Waals surface area contributed by atoms with Crippen LogP contribution >= 0.6 is 0 Å². The Morgan fingerprint density at radius 2 is 1.88 bits per heavy atom. The molecule has 1 rings (SSSR count). The van der Waals surface area contributed by atoms with Gasteiger partial charge in [-0.25, -0.2) is 4.79 Å². The Labute approximate surface area is 104 Å². The molecule has 0 bridgehead atoms. The average molecular weight is 242 g/mol. The normalized spacial score (nSPS) is 19.5. The second-order valence-electron chi connectivity index (χ2n) is 4.92. The first-order valence-electron chi connectivity index (χ1n) is 6.58. The van der Waals surface area contributed by atoms with Crippen LogP contribution in [0.1, 0.15) is 27.2 Å². The first-order chi connectivity index (χ1) is 8.08. The highest BCUT2D eigenvalue weighted by atomic mass is 16.2. The van der Waals surface area contributed by atoms with Crippen LogP contribution in [0.25, 0.3) is 0 Å². The summed E-state index contributed by atoms with van der Waals surface area (Å²) in [4.78, 5) is 16.1. The average Bonchev–Trinajstić information content (AvgIpc) is 2.30. The van der Waals surface area contributed by atoms with E-state index in [1.54, 1.807) is 0 Å². The van der Waals surface area contributed by atoms with Gasteiger partial charge in [-0.15, -0.1) is 0 Å². The molecule has 1 aliphatic rings. The summed E-state index contributed by atoms with van der Waals surface area (Å²) in [5.41, 5.74) is 5.74. The lowest BCUT2D eigenvalue weighted by Crippen LogP contribution is -2.56. The van der Waals surface area contributed by atoms with Gasteiger partial charge in [0.05, 0.1) is 0 Å². The van der Waals surface area contributed by atoms with Gasteiger partial charge in [0.1, 0.15) is 0 Å². The minimum absolute atomic E-state index is 0.0560. The highest BCUT2D eigenvalue weighted by Gasteiger charge is 2.24. The van der Waals surface area contributed by atoms with Crippen molar-refractivity contribution in [3.8, 4) is 0 Å². The largest absolute Gasteiger partial charge is 0.336 e. The van der Waals surface area contributed by atoms with E-state index in [9.17, 15) is 4.79 Å². The Morgan fingerprint density at radius 3 is 2.29 bits per heavy atom. The van der Waals surface area contributed by atoms with Crippen molar-refractivity contribution in [3.63, 3.8) is 0 Å². The first-order valence-corrected chi connectivity index (χ1v) is 6.58. The summed E-state index contributed by atoms with van der Waals surface area (Å²) in [6, 6.07) is 0.721. The van der Waals surface area contributed by atoms with Crippen LogP contribution < -0.4 is 11.1 Å². The van der Waals surface area contributed by atoms with E-state index in [4.69, 9.17) is 5.73 Å². The molecule has 0 spiro atoms. The van der Waals surface area contributed by atoms with Gasteiger partial charge in [-0.3, -0.25) is 4.90 Å². The van der Waals surface area contributed by atoms with E-state index < -0.39 is 0 Å². The third kappa shape index (κ3) is 4.16. The SMILES string of the molecule is CCC(CN)N1CCN(C(=O)NC(C)C)CC1. The molecule has 0 aromatic rings. The molecular weight excluding hydrogens is 216 g/mol. The second-order valence-corrected chi connectivity index (χ2v) is 4.92. The van der Waals surface area contributed by atoms with Gasteiger partial charge in [-0.2, -0.15) is 0 Å². The molecule has 1 aliphatic heterocycles. The molecular formula is C12H26N4O. The van der Waals surface area contributed by atoms with Gasteiger partial charge in [0.15, 0.2) is 0 Å². The van der Waals surface area contributed by atoms with Gasteiger partial charge >= 0.3 is 6.03 Å². The van der Waals surface area contributed by atoms with Crippen LogP contribution in [0.4, 0.5) is 4.79 Å². The summed E-state index contributed by atoms with van der Waals surface area (Å²) in [6.45, 7) is 10.3. The molecule has 2 amide bonds. The van der Waals surface area contributed by atoms with Gasteiger partial charge in [-0.05, 0) is 20.3 Å². The van der Waals surface area contributed by atoms with Crippen molar-refractivity contribution in [2.75, 3.05) is 32.7 Å². The van der Waals surface area contributed by atoms with E-state index in [0.29, 0.717) is 12.6 Å². The molecule has 3 N–H and O–H groups in total. The third-order valence-corrected chi connectivity index (χ3v) is 3.27. The molecule has 1 heterocycles. The van der Waals surface area contributed by atoms with Crippen LogP contribution in [0, 0.1) is 0 Å². The lowest BCUT2D eigenvalue weighted by molar-refractivity contribution is 0.108. The Morgan fingerprint density at radius 1 is 1.29 bits per heavy atom. The lowest BCUT2D eigenvalue weighted by Gasteiger charge is -2.38.